The molecule has 1 aromatic heterocycles. The van der Waals surface area contributed by atoms with Crippen molar-refractivity contribution in [3.8, 4) is 0 Å². The van der Waals surface area contributed by atoms with Crippen LogP contribution in [0.5, 0.6) is 0 Å². The molecule has 2 aromatic rings. The van der Waals surface area contributed by atoms with Crippen LogP contribution >= 0.6 is 0 Å². The number of anilines is 2. The summed E-state index contributed by atoms with van der Waals surface area (Å²) in [5.41, 5.74) is 4.17. The molecule has 0 radical (unpaired) electrons. The number of alkyl halides is 1. The largest absolute Gasteiger partial charge is 0.423 e. The van der Waals surface area contributed by atoms with E-state index < -0.39 is 23.3 Å². The highest BCUT2D eigenvalue weighted by molar-refractivity contribution is 5.96. The molecule has 1 aromatic carbocycles. The Morgan fingerprint density at radius 3 is 2.48 bits per heavy atom. The molecule has 29 heavy (non-hydrogen) atoms. The van der Waals surface area contributed by atoms with Gasteiger partial charge in [0, 0.05) is 25.3 Å². The minimum atomic E-state index is -1.82. The number of carbonyl (C=O) groups is 2. The van der Waals surface area contributed by atoms with Crippen LogP contribution in [0.25, 0.3) is 0 Å². The van der Waals surface area contributed by atoms with Gasteiger partial charge in [-0.3, -0.25) is 9.59 Å². The summed E-state index contributed by atoms with van der Waals surface area (Å²) in [6.07, 6.45) is 1.80. The standard InChI is InChI=1S/C20H20F2N4O3/c1-20(13(21)5-4-6-14(20)22)19-25-15(16(23)27)17(29-19)24-12-9-7-11(8-10-12)18(28)26(2)3/h4-10,13,24H,1-3H3,(H2,23,27). The van der Waals surface area contributed by atoms with Gasteiger partial charge in [-0.25, -0.2) is 13.8 Å². The molecule has 0 saturated carbocycles. The first-order chi connectivity index (χ1) is 13.6. The van der Waals surface area contributed by atoms with Crippen LogP contribution in [0.3, 0.4) is 0 Å². The van der Waals surface area contributed by atoms with Crippen LogP contribution in [0.1, 0.15) is 33.7 Å². The first-order valence-corrected chi connectivity index (χ1v) is 8.73. The number of allylic oxidation sites excluding steroid dienone is 4. The van der Waals surface area contributed by atoms with Gasteiger partial charge in [0.25, 0.3) is 11.8 Å². The first-order valence-electron chi connectivity index (χ1n) is 8.73. The molecule has 0 aliphatic heterocycles. The maximum Gasteiger partial charge on any atom is 0.273 e. The van der Waals surface area contributed by atoms with Crippen LogP contribution in [0, 0.1) is 0 Å². The van der Waals surface area contributed by atoms with Gasteiger partial charge in [0.1, 0.15) is 17.4 Å². The summed E-state index contributed by atoms with van der Waals surface area (Å²) in [5, 5.41) is 2.82. The van der Waals surface area contributed by atoms with Crippen LogP contribution < -0.4 is 11.1 Å². The average Bonchev–Trinajstić information content (AvgIpc) is 3.10. The fourth-order valence-electron chi connectivity index (χ4n) is 2.83. The molecule has 7 nitrogen and oxygen atoms in total. The van der Waals surface area contributed by atoms with Gasteiger partial charge in [0.05, 0.1) is 0 Å². The Bertz CT molecular complexity index is 1010. The predicted molar refractivity (Wildman–Crippen MR) is 103 cm³/mol. The number of nitrogens with zero attached hydrogens (tertiary/aromatic N) is 2. The number of oxazole rings is 1. The van der Waals surface area contributed by atoms with Crippen molar-refractivity contribution in [3.05, 3.63) is 65.5 Å². The van der Waals surface area contributed by atoms with Crippen molar-refractivity contribution in [2.45, 2.75) is 18.5 Å². The quantitative estimate of drug-likeness (QED) is 0.800. The molecule has 1 aliphatic rings. The molecule has 0 saturated heterocycles. The maximum absolute atomic E-state index is 14.5. The lowest BCUT2D eigenvalue weighted by atomic mass is 9.80. The Labute approximate surface area is 165 Å². The smallest absolute Gasteiger partial charge is 0.273 e. The van der Waals surface area contributed by atoms with E-state index in [2.05, 4.69) is 10.3 Å². The number of nitrogens with one attached hydrogen (secondary N) is 1. The molecule has 0 spiro atoms. The SMILES string of the molecule is CN(C)C(=O)c1ccc(Nc2oc(C3(C)C(F)=CC=CC3F)nc2C(N)=O)cc1. The van der Waals surface area contributed by atoms with Crippen molar-refractivity contribution in [1.82, 2.24) is 9.88 Å². The summed E-state index contributed by atoms with van der Waals surface area (Å²) in [5.74, 6) is -2.35. The second-order valence-electron chi connectivity index (χ2n) is 6.97. The molecule has 2 unspecified atom stereocenters. The summed E-state index contributed by atoms with van der Waals surface area (Å²) in [6, 6.07) is 6.35. The van der Waals surface area contributed by atoms with Crippen molar-refractivity contribution in [3.63, 3.8) is 0 Å². The number of hydrogen-bond acceptors (Lipinski definition) is 5. The molecule has 9 heteroatoms. The number of primary amides is 1. The second kappa shape index (κ2) is 7.50. The highest BCUT2D eigenvalue weighted by Gasteiger charge is 2.46. The van der Waals surface area contributed by atoms with Crippen LogP contribution in [-0.2, 0) is 5.41 Å². The number of rotatable bonds is 5. The zero-order valence-electron chi connectivity index (χ0n) is 16.1. The van der Waals surface area contributed by atoms with Crippen molar-refractivity contribution < 1.29 is 22.8 Å². The Kier molecular flexibility index (Phi) is 5.23. The second-order valence-corrected chi connectivity index (χ2v) is 6.97. The fraction of sp³-hybridized carbons (Fsp3) is 0.250. The lowest BCUT2D eigenvalue weighted by molar-refractivity contribution is 0.0827. The van der Waals surface area contributed by atoms with Gasteiger partial charge >= 0.3 is 0 Å². The summed E-state index contributed by atoms with van der Waals surface area (Å²) >= 11 is 0. The first kappa shape index (κ1) is 20.2. The lowest BCUT2D eigenvalue weighted by Gasteiger charge is -2.28. The zero-order chi connectivity index (χ0) is 21.3. The zero-order valence-corrected chi connectivity index (χ0v) is 16.1. The minimum Gasteiger partial charge on any atom is -0.423 e. The van der Waals surface area contributed by atoms with Crippen LogP contribution in [-0.4, -0.2) is 42.0 Å². The third-order valence-corrected chi connectivity index (χ3v) is 4.67. The normalized spacial score (nSPS) is 20.9. The summed E-state index contributed by atoms with van der Waals surface area (Å²) in [6.45, 7) is 1.29. The van der Waals surface area contributed by atoms with Crippen molar-refractivity contribution in [2.24, 2.45) is 5.73 Å². The van der Waals surface area contributed by atoms with E-state index >= 15 is 0 Å². The number of halogens is 2. The number of amides is 2. The number of carbonyl (C=O) groups excluding carboxylic acids is 2. The molecule has 152 valence electrons. The van der Waals surface area contributed by atoms with E-state index in [0.29, 0.717) is 11.3 Å². The molecule has 2 atom stereocenters. The van der Waals surface area contributed by atoms with E-state index in [9.17, 15) is 18.4 Å². The number of hydrogen-bond donors (Lipinski definition) is 2. The Morgan fingerprint density at radius 1 is 1.28 bits per heavy atom. The fourth-order valence-corrected chi connectivity index (χ4v) is 2.83. The molecule has 1 heterocycles. The lowest BCUT2D eigenvalue weighted by Crippen LogP contribution is -2.35. The molecule has 0 fully saturated rings. The van der Waals surface area contributed by atoms with Gasteiger partial charge in [-0.1, -0.05) is 6.08 Å². The molecule has 0 bridgehead atoms. The van der Waals surface area contributed by atoms with E-state index in [1.165, 1.54) is 24.0 Å². The number of aromatic nitrogens is 1. The van der Waals surface area contributed by atoms with Crippen LogP contribution in [0.2, 0.25) is 0 Å². The average molecular weight is 402 g/mol. The van der Waals surface area contributed by atoms with E-state index in [4.69, 9.17) is 10.2 Å². The number of nitrogens with two attached hydrogens (primary N) is 1. The minimum absolute atomic E-state index is 0.144. The van der Waals surface area contributed by atoms with Crippen molar-refractivity contribution >= 4 is 23.4 Å². The number of benzene rings is 1. The van der Waals surface area contributed by atoms with E-state index in [1.807, 2.05) is 0 Å². The van der Waals surface area contributed by atoms with Gasteiger partial charge in [0.2, 0.25) is 11.8 Å². The predicted octanol–water partition coefficient (Wildman–Crippen LogP) is 3.24. The summed E-state index contributed by atoms with van der Waals surface area (Å²) in [7, 11) is 3.27. The highest BCUT2D eigenvalue weighted by Crippen LogP contribution is 2.42. The van der Waals surface area contributed by atoms with Gasteiger partial charge < -0.3 is 20.4 Å². The van der Waals surface area contributed by atoms with E-state index in [-0.39, 0.29) is 23.4 Å². The Balaban J connectivity index is 1.94. The highest BCUT2D eigenvalue weighted by atomic mass is 19.1. The Morgan fingerprint density at radius 2 is 1.93 bits per heavy atom. The topological polar surface area (TPSA) is 101 Å². The summed E-state index contributed by atoms with van der Waals surface area (Å²) < 4.78 is 34.4. The third-order valence-electron chi connectivity index (χ3n) is 4.67. The molecule has 3 rings (SSSR count). The van der Waals surface area contributed by atoms with E-state index in [0.717, 1.165) is 6.08 Å². The monoisotopic (exact) mass is 402 g/mol. The van der Waals surface area contributed by atoms with Gasteiger partial charge in [-0.05, 0) is 43.3 Å². The Hall–Kier alpha value is -3.49. The van der Waals surface area contributed by atoms with Crippen molar-refractivity contribution in [1.29, 1.82) is 0 Å². The van der Waals surface area contributed by atoms with Crippen LogP contribution in [0.4, 0.5) is 20.4 Å². The molecule has 2 amide bonds. The van der Waals surface area contributed by atoms with Gasteiger partial charge in [-0.15, -0.1) is 0 Å². The molecule has 3 N–H and O–H groups in total. The molecular formula is C20H20F2N4O3. The summed E-state index contributed by atoms with van der Waals surface area (Å²) in [4.78, 5) is 29.1. The van der Waals surface area contributed by atoms with Gasteiger partial charge in [-0.2, -0.15) is 0 Å². The van der Waals surface area contributed by atoms with E-state index in [1.54, 1.807) is 38.4 Å². The van der Waals surface area contributed by atoms with Gasteiger partial charge in [0.15, 0.2) is 5.69 Å². The molecule has 1 aliphatic carbocycles. The van der Waals surface area contributed by atoms with Crippen LogP contribution in [0.15, 0.2) is 52.7 Å². The third kappa shape index (κ3) is 3.63. The van der Waals surface area contributed by atoms with Crippen molar-refractivity contribution in [2.75, 3.05) is 19.4 Å². The molecular weight excluding hydrogens is 382 g/mol. The maximum atomic E-state index is 14.5.